The van der Waals surface area contributed by atoms with Crippen LogP contribution in [0.5, 0.6) is 0 Å². The number of hydrogen-bond donors (Lipinski definition) is 1. The van der Waals surface area contributed by atoms with Crippen molar-refractivity contribution in [3.05, 3.63) is 65.2 Å². The standard InChI is InChI=1S/C21H29N3O3S/c1-16(2)24(5)28(26,27)20-12-10-19(11-13-20)21(25)22-14-17-6-8-18(9-7-17)15-23(3)4/h6-13,16H,14-15H2,1-5H3,(H,22,25). The van der Waals surface area contributed by atoms with Crippen LogP contribution in [0.1, 0.15) is 35.3 Å². The molecule has 0 atom stereocenters. The van der Waals surface area contributed by atoms with Crippen molar-refractivity contribution in [1.29, 1.82) is 0 Å². The second kappa shape index (κ2) is 9.32. The minimum absolute atomic E-state index is 0.142. The first-order valence-corrected chi connectivity index (χ1v) is 10.6. The number of nitrogens with one attached hydrogen (secondary N) is 1. The van der Waals surface area contributed by atoms with E-state index in [1.54, 1.807) is 7.05 Å². The van der Waals surface area contributed by atoms with Crippen LogP contribution in [0.4, 0.5) is 0 Å². The smallest absolute Gasteiger partial charge is 0.251 e. The Hall–Kier alpha value is -2.22. The summed E-state index contributed by atoms with van der Waals surface area (Å²) in [5.41, 5.74) is 2.65. The van der Waals surface area contributed by atoms with Crippen molar-refractivity contribution in [3.8, 4) is 0 Å². The molecule has 0 aliphatic heterocycles. The highest BCUT2D eigenvalue weighted by Crippen LogP contribution is 2.17. The predicted molar refractivity (Wildman–Crippen MR) is 112 cm³/mol. The third-order valence-corrected chi connectivity index (χ3v) is 6.54. The Morgan fingerprint density at radius 3 is 1.96 bits per heavy atom. The molecular weight excluding hydrogens is 374 g/mol. The van der Waals surface area contributed by atoms with Crippen molar-refractivity contribution in [1.82, 2.24) is 14.5 Å². The largest absolute Gasteiger partial charge is 0.348 e. The molecule has 0 fully saturated rings. The van der Waals surface area contributed by atoms with E-state index in [0.717, 1.165) is 12.1 Å². The van der Waals surface area contributed by atoms with Gasteiger partial charge in [-0.05, 0) is 63.3 Å². The van der Waals surface area contributed by atoms with Crippen LogP contribution in [0.2, 0.25) is 0 Å². The van der Waals surface area contributed by atoms with Gasteiger partial charge in [-0.25, -0.2) is 8.42 Å². The van der Waals surface area contributed by atoms with Crippen molar-refractivity contribution >= 4 is 15.9 Å². The number of carbonyl (C=O) groups excluding carboxylic acids is 1. The lowest BCUT2D eigenvalue weighted by Gasteiger charge is -2.21. The molecule has 2 aromatic carbocycles. The lowest BCUT2D eigenvalue weighted by Crippen LogP contribution is -2.33. The molecule has 1 N–H and O–H groups in total. The summed E-state index contributed by atoms with van der Waals surface area (Å²) in [6.07, 6.45) is 0. The summed E-state index contributed by atoms with van der Waals surface area (Å²) in [5, 5.41) is 2.87. The Morgan fingerprint density at radius 1 is 0.929 bits per heavy atom. The van der Waals surface area contributed by atoms with Gasteiger partial charge in [-0.1, -0.05) is 24.3 Å². The molecule has 2 aromatic rings. The van der Waals surface area contributed by atoms with Gasteiger partial charge in [0, 0.05) is 31.7 Å². The molecule has 0 saturated carbocycles. The topological polar surface area (TPSA) is 69.7 Å². The molecule has 7 heteroatoms. The SMILES string of the molecule is CC(C)N(C)S(=O)(=O)c1ccc(C(=O)NCc2ccc(CN(C)C)cc2)cc1. The van der Waals surface area contributed by atoms with E-state index in [-0.39, 0.29) is 16.8 Å². The van der Waals surface area contributed by atoms with E-state index in [0.29, 0.717) is 12.1 Å². The quantitative estimate of drug-likeness (QED) is 0.736. The number of amides is 1. The highest BCUT2D eigenvalue weighted by molar-refractivity contribution is 7.89. The van der Waals surface area contributed by atoms with Gasteiger partial charge in [0.25, 0.3) is 5.91 Å². The van der Waals surface area contributed by atoms with Gasteiger partial charge >= 0.3 is 0 Å². The van der Waals surface area contributed by atoms with Crippen molar-refractivity contribution < 1.29 is 13.2 Å². The first kappa shape index (κ1) is 22.1. The molecule has 0 saturated heterocycles. The van der Waals surface area contributed by atoms with E-state index in [1.165, 1.54) is 34.1 Å². The predicted octanol–water partition coefficient (Wildman–Crippen LogP) is 2.71. The third kappa shape index (κ3) is 5.64. The monoisotopic (exact) mass is 403 g/mol. The van der Waals surface area contributed by atoms with Crippen LogP contribution in [-0.2, 0) is 23.1 Å². The van der Waals surface area contributed by atoms with Crippen LogP contribution in [0.3, 0.4) is 0 Å². The molecule has 2 rings (SSSR count). The molecule has 1 amide bonds. The Kier molecular flexibility index (Phi) is 7.35. The molecule has 28 heavy (non-hydrogen) atoms. The van der Waals surface area contributed by atoms with Crippen molar-refractivity contribution in [2.45, 2.75) is 37.9 Å². The number of sulfonamides is 1. The van der Waals surface area contributed by atoms with Crippen LogP contribution in [0, 0.1) is 0 Å². The molecule has 0 bridgehead atoms. The Bertz CT molecular complexity index is 889. The van der Waals surface area contributed by atoms with Crippen molar-refractivity contribution in [2.24, 2.45) is 0 Å². The molecule has 0 unspecified atom stereocenters. The minimum Gasteiger partial charge on any atom is -0.348 e. The Balaban J connectivity index is 2.00. The first-order chi connectivity index (χ1) is 13.1. The normalized spacial score (nSPS) is 12.0. The number of carbonyl (C=O) groups is 1. The maximum Gasteiger partial charge on any atom is 0.251 e. The Morgan fingerprint density at radius 2 is 1.46 bits per heavy atom. The molecule has 0 spiro atoms. The Labute approximate surface area is 168 Å². The average Bonchev–Trinajstić information content (AvgIpc) is 2.66. The zero-order valence-corrected chi connectivity index (χ0v) is 18.0. The lowest BCUT2D eigenvalue weighted by atomic mass is 10.1. The number of hydrogen-bond acceptors (Lipinski definition) is 4. The van der Waals surface area contributed by atoms with E-state index >= 15 is 0 Å². The molecule has 6 nitrogen and oxygen atoms in total. The third-order valence-electron chi connectivity index (χ3n) is 4.50. The first-order valence-electron chi connectivity index (χ1n) is 9.20. The molecule has 0 radical (unpaired) electrons. The average molecular weight is 404 g/mol. The molecule has 0 aliphatic rings. The fourth-order valence-corrected chi connectivity index (χ4v) is 4.00. The van der Waals surface area contributed by atoms with Gasteiger partial charge in [-0.3, -0.25) is 4.79 Å². The van der Waals surface area contributed by atoms with Crippen LogP contribution in [-0.4, -0.2) is 50.7 Å². The van der Waals surface area contributed by atoms with E-state index in [2.05, 4.69) is 10.2 Å². The van der Waals surface area contributed by atoms with Crippen molar-refractivity contribution in [3.63, 3.8) is 0 Å². The second-order valence-electron chi connectivity index (χ2n) is 7.38. The van der Waals surface area contributed by atoms with Gasteiger partial charge in [0.2, 0.25) is 10.0 Å². The number of benzene rings is 2. The maximum atomic E-state index is 12.5. The molecule has 152 valence electrons. The van der Waals surface area contributed by atoms with Crippen LogP contribution >= 0.6 is 0 Å². The summed E-state index contributed by atoms with van der Waals surface area (Å²) in [5.74, 6) is -0.237. The van der Waals surface area contributed by atoms with E-state index in [4.69, 9.17) is 0 Å². The minimum atomic E-state index is -3.55. The van der Waals surface area contributed by atoms with Gasteiger partial charge in [-0.2, -0.15) is 4.31 Å². The summed E-state index contributed by atoms with van der Waals surface area (Å²) in [6, 6.07) is 14.0. The highest BCUT2D eigenvalue weighted by atomic mass is 32.2. The van der Waals surface area contributed by atoms with Crippen LogP contribution < -0.4 is 5.32 Å². The van der Waals surface area contributed by atoms with E-state index in [9.17, 15) is 13.2 Å². The van der Waals surface area contributed by atoms with Crippen LogP contribution in [0.25, 0.3) is 0 Å². The van der Waals surface area contributed by atoms with Gasteiger partial charge in [0.1, 0.15) is 0 Å². The fourth-order valence-electron chi connectivity index (χ4n) is 2.63. The highest BCUT2D eigenvalue weighted by Gasteiger charge is 2.23. The summed E-state index contributed by atoms with van der Waals surface area (Å²) < 4.78 is 26.3. The number of rotatable bonds is 8. The summed E-state index contributed by atoms with van der Waals surface area (Å²) >= 11 is 0. The summed E-state index contributed by atoms with van der Waals surface area (Å²) in [4.78, 5) is 14.6. The lowest BCUT2D eigenvalue weighted by molar-refractivity contribution is 0.0951. The zero-order valence-electron chi connectivity index (χ0n) is 17.1. The number of nitrogens with zero attached hydrogens (tertiary/aromatic N) is 2. The van der Waals surface area contributed by atoms with Gasteiger partial charge in [0.15, 0.2) is 0 Å². The molecule has 0 aromatic heterocycles. The molecule has 0 aliphatic carbocycles. The zero-order chi connectivity index (χ0) is 20.9. The fraction of sp³-hybridized carbons (Fsp3) is 0.381. The van der Waals surface area contributed by atoms with Crippen molar-refractivity contribution in [2.75, 3.05) is 21.1 Å². The maximum absolute atomic E-state index is 12.5. The van der Waals surface area contributed by atoms with Crippen LogP contribution in [0.15, 0.2) is 53.4 Å². The summed E-state index contributed by atoms with van der Waals surface area (Å²) in [7, 11) is 2.03. The van der Waals surface area contributed by atoms with E-state index in [1.807, 2.05) is 52.2 Å². The van der Waals surface area contributed by atoms with Gasteiger partial charge < -0.3 is 10.2 Å². The van der Waals surface area contributed by atoms with Gasteiger partial charge in [0.05, 0.1) is 4.90 Å². The molecular formula is C21H29N3O3S. The summed E-state index contributed by atoms with van der Waals surface area (Å²) in [6.45, 7) is 4.91. The second-order valence-corrected chi connectivity index (χ2v) is 9.37. The van der Waals surface area contributed by atoms with Gasteiger partial charge in [-0.15, -0.1) is 0 Å². The molecule has 0 heterocycles. The van der Waals surface area contributed by atoms with E-state index < -0.39 is 10.0 Å².